The maximum Gasteiger partial charge on any atom is 0.419 e. The Bertz CT molecular complexity index is 857. The van der Waals surface area contributed by atoms with Crippen molar-refractivity contribution in [3.63, 3.8) is 0 Å². The molecule has 1 fully saturated rings. The van der Waals surface area contributed by atoms with E-state index in [1.807, 2.05) is 0 Å². The van der Waals surface area contributed by atoms with E-state index in [9.17, 15) is 18.0 Å². The Morgan fingerprint density at radius 1 is 1.26 bits per heavy atom. The normalized spacial score (nSPS) is 20.1. The first-order valence-corrected chi connectivity index (χ1v) is 8.84. The number of hydrogen-bond acceptors (Lipinski definition) is 5. The molecule has 2 aromatic heterocycles. The Kier molecular flexibility index (Phi) is 4.50. The molecule has 4 rings (SSSR count). The molecule has 10 heteroatoms. The maximum absolute atomic E-state index is 13.5. The van der Waals surface area contributed by atoms with Crippen LogP contribution < -0.4 is 16.0 Å². The van der Waals surface area contributed by atoms with Crippen LogP contribution in [0.1, 0.15) is 34.5 Å². The molecule has 0 bridgehead atoms. The fraction of sp³-hybridized carbons (Fsp3) is 0.471. The molecule has 7 nitrogen and oxygen atoms in total. The number of rotatable bonds is 3. The van der Waals surface area contributed by atoms with Crippen LogP contribution in [0.15, 0.2) is 12.4 Å². The van der Waals surface area contributed by atoms with Gasteiger partial charge in [-0.15, -0.1) is 0 Å². The SMILES string of the molecule is O=C1NCCc2[nH]cc(-c3nc(NC4CCCNC4)ncc3C(F)(F)F)c21. The molecule has 1 atom stereocenters. The standard InChI is InChI=1S/C17H19F3N6O/c18-17(19,20)11-8-24-16(25-9-2-1-4-21-6-9)26-14(11)10-7-23-12-3-5-22-15(27)13(10)12/h7-9,21,23H,1-6H2,(H,22,27)(H,24,25,26). The van der Waals surface area contributed by atoms with Gasteiger partial charge in [0.15, 0.2) is 0 Å². The van der Waals surface area contributed by atoms with Crippen molar-refractivity contribution in [3.05, 3.63) is 29.2 Å². The third kappa shape index (κ3) is 3.48. The molecule has 144 valence electrons. The van der Waals surface area contributed by atoms with Gasteiger partial charge in [0.1, 0.15) is 5.56 Å². The second-order valence-corrected chi connectivity index (χ2v) is 6.70. The highest BCUT2D eigenvalue weighted by molar-refractivity contribution is 6.03. The summed E-state index contributed by atoms with van der Waals surface area (Å²) in [5, 5.41) is 8.98. The molecule has 2 aromatic rings. The first kappa shape index (κ1) is 17.8. The van der Waals surface area contributed by atoms with Crippen LogP contribution in [0, 0.1) is 0 Å². The summed E-state index contributed by atoms with van der Waals surface area (Å²) in [6.07, 6.45) is -0.0482. The summed E-state index contributed by atoms with van der Waals surface area (Å²) in [4.78, 5) is 23.1. The maximum atomic E-state index is 13.5. The number of H-pyrrole nitrogens is 1. The molecule has 4 heterocycles. The Hall–Kier alpha value is -2.62. The lowest BCUT2D eigenvalue weighted by Gasteiger charge is -2.24. The summed E-state index contributed by atoms with van der Waals surface area (Å²) in [5.74, 6) is -0.275. The van der Waals surface area contributed by atoms with E-state index in [1.165, 1.54) is 6.20 Å². The molecular formula is C17H19F3N6O. The van der Waals surface area contributed by atoms with Gasteiger partial charge in [0.25, 0.3) is 5.91 Å². The number of nitrogens with zero attached hydrogens (tertiary/aromatic N) is 2. The van der Waals surface area contributed by atoms with Gasteiger partial charge in [-0.2, -0.15) is 13.2 Å². The van der Waals surface area contributed by atoms with Crippen LogP contribution in [0.5, 0.6) is 0 Å². The summed E-state index contributed by atoms with van der Waals surface area (Å²) in [6, 6.07) is 0.0479. The quantitative estimate of drug-likeness (QED) is 0.653. The second-order valence-electron chi connectivity index (χ2n) is 6.70. The Labute approximate surface area is 153 Å². The van der Waals surface area contributed by atoms with Crippen molar-refractivity contribution in [1.29, 1.82) is 0 Å². The van der Waals surface area contributed by atoms with Crippen molar-refractivity contribution in [2.24, 2.45) is 0 Å². The van der Waals surface area contributed by atoms with Crippen LogP contribution >= 0.6 is 0 Å². The molecule has 2 aliphatic rings. The van der Waals surface area contributed by atoms with E-state index < -0.39 is 17.6 Å². The molecule has 0 saturated carbocycles. The zero-order valence-corrected chi connectivity index (χ0v) is 14.4. The number of aromatic amines is 1. The average molecular weight is 380 g/mol. The number of amides is 1. The number of piperidine rings is 1. The zero-order valence-electron chi connectivity index (χ0n) is 14.4. The van der Waals surface area contributed by atoms with Crippen molar-refractivity contribution >= 4 is 11.9 Å². The number of nitrogens with one attached hydrogen (secondary N) is 4. The topological polar surface area (TPSA) is 94.7 Å². The summed E-state index contributed by atoms with van der Waals surface area (Å²) < 4.78 is 40.6. The van der Waals surface area contributed by atoms with E-state index in [-0.39, 0.29) is 28.8 Å². The molecule has 27 heavy (non-hydrogen) atoms. The van der Waals surface area contributed by atoms with Crippen molar-refractivity contribution in [2.45, 2.75) is 31.5 Å². The molecule has 0 aliphatic carbocycles. The highest BCUT2D eigenvalue weighted by Gasteiger charge is 2.37. The summed E-state index contributed by atoms with van der Waals surface area (Å²) in [7, 11) is 0. The smallest absolute Gasteiger partial charge is 0.364 e. The van der Waals surface area contributed by atoms with Crippen LogP contribution in [-0.4, -0.2) is 46.5 Å². The van der Waals surface area contributed by atoms with E-state index in [0.717, 1.165) is 25.6 Å². The molecule has 4 N–H and O–H groups in total. The number of fused-ring (bicyclic) bond motifs is 1. The Balaban J connectivity index is 1.76. The molecule has 0 radical (unpaired) electrons. The van der Waals surface area contributed by atoms with Crippen LogP contribution in [0.2, 0.25) is 0 Å². The Morgan fingerprint density at radius 3 is 2.85 bits per heavy atom. The van der Waals surface area contributed by atoms with Crippen LogP contribution in [0.25, 0.3) is 11.3 Å². The van der Waals surface area contributed by atoms with Gasteiger partial charge in [-0.25, -0.2) is 9.97 Å². The minimum absolute atomic E-state index is 0.0479. The minimum atomic E-state index is -4.63. The van der Waals surface area contributed by atoms with Gasteiger partial charge in [0.2, 0.25) is 5.95 Å². The van der Waals surface area contributed by atoms with E-state index in [2.05, 4.69) is 30.9 Å². The summed E-state index contributed by atoms with van der Waals surface area (Å²) in [5.41, 5.74) is -0.280. The van der Waals surface area contributed by atoms with Crippen molar-refractivity contribution in [3.8, 4) is 11.3 Å². The van der Waals surface area contributed by atoms with Crippen LogP contribution in [0.4, 0.5) is 19.1 Å². The number of halogens is 3. The largest absolute Gasteiger partial charge is 0.419 e. The lowest BCUT2D eigenvalue weighted by atomic mass is 10.00. The predicted molar refractivity (Wildman–Crippen MR) is 92.4 cm³/mol. The molecule has 2 aliphatic heterocycles. The molecule has 0 aromatic carbocycles. The summed E-state index contributed by atoms with van der Waals surface area (Å²) >= 11 is 0. The van der Waals surface area contributed by atoms with Gasteiger partial charge in [0, 0.05) is 49.2 Å². The molecular weight excluding hydrogens is 361 g/mol. The third-order valence-corrected chi connectivity index (χ3v) is 4.83. The highest BCUT2D eigenvalue weighted by Crippen LogP contribution is 2.38. The lowest BCUT2D eigenvalue weighted by Crippen LogP contribution is -2.38. The number of carbonyl (C=O) groups excluding carboxylic acids is 1. The minimum Gasteiger partial charge on any atom is -0.364 e. The van der Waals surface area contributed by atoms with E-state index in [1.54, 1.807) is 0 Å². The van der Waals surface area contributed by atoms with Crippen molar-refractivity contribution < 1.29 is 18.0 Å². The number of carbonyl (C=O) groups is 1. The van der Waals surface area contributed by atoms with Crippen molar-refractivity contribution in [2.75, 3.05) is 25.0 Å². The second kappa shape index (κ2) is 6.84. The lowest BCUT2D eigenvalue weighted by molar-refractivity contribution is -0.137. The molecule has 1 unspecified atom stereocenters. The van der Waals surface area contributed by atoms with Gasteiger partial charge >= 0.3 is 6.18 Å². The van der Waals surface area contributed by atoms with E-state index >= 15 is 0 Å². The first-order valence-electron chi connectivity index (χ1n) is 8.84. The molecule has 1 saturated heterocycles. The number of aromatic nitrogens is 3. The van der Waals surface area contributed by atoms with Crippen molar-refractivity contribution in [1.82, 2.24) is 25.6 Å². The fourth-order valence-corrected chi connectivity index (χ4v) is 3.52. The number of hydrogen-bond donors (Lipinski definition) is 4. The fourth-order valence-electron chi connectivity index (χ4n) is 3.52. The number of anilines is 1. The van der Waals surface area contributed by atoms with Crippen LogP contribution in [0.3, 0.4) is 0 Å². The number of alkyl halides is 3. The van der Waals surface area contributed by atoms with Gasteiger partial charge < -0.3 is 20.9 Å². The van der Waals surface area contributed by atoms with Gasteiger partial charge in [-0.1, -0.05) is 0 Å². The predicted octanol–water partition coefficient (Wildman–Crippen LogP) is 1.94. The summed E-state index contributed by atoms with van der Waals surface area (Å²) in [6.45, 7) is 2.06. The average Bonchev–Trinajstić information content (AvgIpc) is 3.07. The zero-order chi connectivity index (χ0) is 19.0. The van der Waals surface area contributed by atoms with Gasteiger partial charge in [0.05, 0.1) is 11.3 Å². The van der Waals surface area contributed by atoms with Gasteiger partial charge in [-0.3, -0.25) is 4.79 Å². The molecule has 1 amide bonds. The molecule has 0 spiro atoms. The highest BCUT2D eigenvalue weighted by atomic mass is 19.4. The van der Waals surface area contributed by atoms with E-state index in [0.29, 0.717) is 25.2 Å². The van der Waals surface area contributed by atoms with E-state index in [4.69, 9.17) is 0 Å². The monoisotopic (exact) mass is 380 g/mol. The third-order valence-electron chi connectivity index (χ3n) is 4.83. The van der Waals surface area contributed by atoms with Crippen LogP contribution in [-0.2, 0) is 12.6 Å². The Morgan fingerprint density at radius 2 is 2.11 bits per heavy atom. The first-order chi connectivity index (χ1) is 12.9. The van der Waals surface area contributed by atoms with Gasteiger partial charge in [-0.05, 0) is 19.4 Å².